The summed E-state index contributed by atoms with van der Waals surface area (Å²) in [5, 5.41) is 6.25. The molecule has 0 saturated heterocycles. The lowest BCUT2D eigenvalue weighted by molar-refractivity contribution is 0.129. The molecule has 0 radical (unpaired) electrons. The van der Waals surface area contributed by atoms with E-state index in [0.717, 1.165) is 39.0 Å². The van der Waals surface area contributed by atoms with Gasteiger partial charge in [-0.25, -0.2) is 8.42 Å². The number of hydrogen-bond donors (Lipinski definition) is 2. The quantitative estimate of drug-likeness (QED) is 0.335. The third-order valence-electron chi connectivity index (χ3n) is 2.61. The molecule has 0 aliphatic heterocycles. The van der Waals surface area contributed by atoms with Crippen molar-refractivity contribution in [2.75, 3.05) is 45.4 Å². The molecule has 0 aromatic carbocycles. The van der Waals surface area contributed by atoms with Crippen molar-refractivity contribution in [3.8, 4) is 0 Å². The molecule has 0 bridgehead atoms. The van der Waals surface area contributed by atoms with Crippen LogP contribution in [0.5, 0.6) is 0 Å². The average Bonchev–Trinajstić information content (AvgIpc) is 2.39. The summed E-state index contributed by atoms with van der Waals surface area (Å²) >= 11 is 0. The summed E-state index contributed by atoms with van der Waals surface area (Å²) < 4.78 is 27.4. The van der Waals surface area contributed by atoms with Gasteiger partial charge in [-0.05, 0) is 19.3 Å². The molecule has 120 valence electrons. The molecule has 0 atom stereocenters. The van der Waals surface area contributed by atoms with Gasteiger partial charge in [-0.15, -0.1) is 0 Å². The van der Waals surface area contributed by atoms with Gasteiger partial charge >= 0.3 is 0 Å². The van der Waals surface area contributed by atoms with E-state index < -0.39 is 9.84 Å². The average molecular weight is 307 g/mol. The topological polar surface area (TPSA) is 79.8 Å². The summed E-state index contributed by atoms with van der Waals surface area (Å²) in [7, 11) is -1.18. The zero-order valence-corrected chi connectivity index (χ0v) is 13.8. The number of nitrogens with one attached hydrogen (secondary N) is 2. The van der Waals surface area contributed by atoms with E-state index in [1.54, 1.807) is 7.05 Å². The molecule has 0 aromatic rings. The molecule has 0 aliphatic carbocycles. The van der Waals surface area contributed by atoms with Crippen LogP contribution in [0.25, 0.3) is 0 Å². The molecule has 2 N–H and O–H groups in total. The fourth-order valence-electron chi connectivity index (χ4n) is 1.49. The Morgan fingerprint density at radius 2 is 1.70 bits per heavy atom. The highest BCUT2D eigenvalue weighted by Crippen LogP contribution is 1.89. The number of nitrogens with zero attached hydrogens (tertiary/aromatic N) is 1. The summed E-state index contributed by atoms with van der Waals surface area (Å²) in [4.78, 5) is 4.07. The molecule has 0 rings (SSSR count). The van der Waals surface area contributed by atoms with Crippen molar-refractivity contribution < 1.29 is 13.2 Å². The van der Waals surface area contributed by atoms with Gasteiger partial charge in [0.2, 0.25) is 0 Å². The molecule has 0 saturated carbocycles. The minimum Gasteiger partial charge on any atom is -0.381 e. The van der Waals surface area contributed by atoms with Gasteiger partial charge < -0.3 is 15.4 Å². The summed E-state index contributed by atoms with van der Waals surface area (Å²) in [5.41, 5.74) is 0. The van der Waals surface area contributed by atoms with E-state index in [4.69, 9.17) is 4.74 Å². The van der Waals surface area contributed by atoms with Crippen molar-refractivity contribution in [3.05, 3.63) is 0 Å². The normalized spacial score (nSPS) is 12.4. The number of unbranched alkanes of at least 4 members (excludes halogenated alkanes) is 1. The Balaban J connectivity index is 3.53. The molecule has 6 nitrogen and oxygen atoms in total. The largest absolute Gasteiger partial charge is 0.381 e. The zero-order chi connectivity index (χ0) is 15.3. The van der Waals surface area contributed by atoms with Gasteiger partial charge in [0.25, 0.3) is 0 Å². The summed E-state index contributed by atoms with van der Waals surface area (Å²) in [6.45, 7) is 5.11. The highest BCUT2D eigenvalue weighted by molar-refractivity contribution is 7.90. The van der Waals surface area contributed by atoms with Gasteiger partial charge in [0.1, 0.15) is 9.84 Å². The Bertz CT molecular complexity index is 356. The SMILES string of the molecule is CCCCOCCCNC(=NC)NCCCS(C)(=O)=O. The Hall–Kier alpha value is -0.820. The lowest BCUT2D eigenvalue weighted by Crippen LogP contribution is -2.38. The zero-order valence-electron chi connectivity index (χ0n) is 12.9. The standard InChI is InChI=1S/C13H29N3O3S/c1-4-5-10-19-11-6-8-15-13(14-2)16-9-7-12-20(3,17)18/h4-12H2,1-3H3,(H2,14,15,16). The van der Waals surface area contributed by atoms with Gasteiger partial charge in [0.05, 0.1) is 5.75 Å². The van der Waals surface area contributed by atoms with Crippen molar-refractivity contribution in [3.63, 3.8) is 0 Å². The molecule has 0 heterocycles. The van der Waals surface area contributed by atoms with Crippen molar-refractivity contribution in [1.29, 1.82) is 0 Å². The highest BCUT2D eigenvalue weighted by atomic mass is 32.2. The van der Waals surface area contributed by atoms with Crippen LogP contribution < -0.4 is 10.6 Å². The first-order chi connectivity index (χ1) is 9.49. The van der Waals surface area contributed by atoms with E-state index in [2.05, 4.69) is 22.5 Å². The van der Waals surface area contributed by atoms with Crippen LogP contribution in [-0.2, 0) is 14.6 Å². The smallest absolute Gasteiger partial charge is 0.190 e. The highest BCUT2D eigenvalue weighted by Gasteiger charge is 2.02. The first-order valence-electron chi connectivity index (χ1n) is 7.19. The predicted molar refractivity (Wildman–Crippen MR) is 84.0 cm³/mol. The number of sulfone groups is 1. The third kappa shape index (κ3) is 13.6. The fraction of sp³-hybridized carbons (Fsp3) is 0.923. The lowest BCUT2D eigenvalue weighted by atomic mass is 10.4. The summed E-state index contributed by atoms with van der Waals surface area (Å²) in [6, 6.07) is 0. The van der Waals surface area contributed by atoms with Crippen LogP contribution in [0, 0.1) is 0 Å². The van der Waals surface area contributed by atoms with Gasteiger partial charge in [0.15, 0.2) is 5.96 Å². The van der Waals surface area contributed by atoms with Crippen molar-refractivity contribution >= 4 is 15.8 Å². The van der Waals surface area contributed by atoms with E-state index in [1.807, 2.05) is 0 Å². The second-order valence-electron chi connectivity index (χ2n) is 4.73. The summed E-state index contributed by atoms with van der Waals surface area (Å²) in [5.74, 6) is 0.898. The van der Waals surface area contributed by atoms with E-state index >= 15 is 0 Å². The van der Waals surface area contributed by atoms with Crippen LogP contribution in [0.4, 0.5) is 0 Å². The second-order valence-corrected chi connectivity index (χ2v) is 6.99. The molecule has 0 aliphatic rings. The Labute approximate surface area is 123 Å². The fourth-order valence-corrected chi connectivity index (χ4v) is 2.16. The molecule has 0 amide bonds. The Morgan fingerprint density at radius 1 is 1.10 bits per heavy atom. The number of hydrogen-bond acceptors (Lipinski definition) is 4. The van der Waals surface area contributed by atoms with Gasteiger partial charge in [-0.1, -0.05) is 13.3 Å². The first kappa shape index (κ1) is 19.2. The maximum atomic E-state index is 11.0. The van der Waals surface area contributed by atoms with Gasteiger partial charge in [-0.3, -0.25) is 4.99 Å². The molecule has 7 heteroatoms. The molecule has 20 heavy (non-hydrogen) atoms. The monoisotopic (exact) mass is 307 g/mol. The van der Waals surface area contributed by atoms with Crippen molar-refractivity contribution in [2.24, 2.45) is 4.99 Å². The number of aliphatic imine (C=N–C) groups is 1. The summed E-state index contributed by atoms with van der Waals surface area (Å²) in [6.07, 6.45) is 5.02. The van der Waals surface area contributed by atoms with Crippen LogP contribution in [-0.4, -0.2) is 59.7 Å². The lowest BCUT2D eigenvalue weighted by Gasteiger charge is -2.11. The van der Waals surface area contributed by atoms with Gasteiger partial charge in [0, 0.05) is 39.6 Å². The van der Waals surface area contributed by atoms with Crippen LogP contribution in [0.3, 0.4) is 0 Å². The van der Waals surface area contributed by atoms with E-state index in [-0.39, 0.29) is 5.75 Å². The molecule has 0 aromatic heterocycles. The number of rotatable bonds is 11. The Morgan fingerprint density at radius 3 is 2.25 bits per heavy atom. The van der Waals surface area contributed by atoms with E-state index in [1.165, 1.54) is 6.26 Å². The predicted octanol–water partition coefficient (Wildman–Crippen LogP) is 0.793. The molecular formula is C13H29N3O3S. The van der Waals surface area contributed by atoms with Crippen LogP contribution >= 0.6 is 0 Å². The van der Waals surface area contributed by atoms with E-state index in [9.17, 15) is 8.42 Å². The second kappa shape index (κ2) is 12.0. The maximum absolute atomic E-state index is 11.0. The third-order valence-corrected chi connectivity index (χ3v) is 3.64. The Kier molecular flexibility index (Phi) is 11.5. The minimum atomic E-state index is -2.88. The van der Waals surface area contributed by atoms with E-state index in [0.29, 0.717) is 18.9 Å². The first-order valence-corrected chi connectivity index (χ1v) is 9.25. The molecule has 0 unspecified atom stereocenters. The minimum absolute atomic E-state index is 0.197. The van der Waals surface area contributed by atoms with Crippen molar-refractivity contribution in [1.82, 2.24) is 10.6 Å². The maximum Gasteiger partial charge on any atom is 0.190 e. The number of ether oxygens (including phenoxy) is 1. The number of guanidine groups is 1. The molecule has 0 fully saturated rings. The molecular weight excluding hydrogens is 278 g/mol. The van der Waals surface area contributed by atoms with Crippen molar-refractivity contribution in [2.45, 2.75) is 32.6 Å². The van der Waals surface area contributed by atoms with Crippen LogP contribution in [0.2, 0.25) is 0 Å². The van der Waals surface area contributed by atoms with Crippen LogP contribution in [0.15, 0.2) is 4.99 Å². The molecule has 0 spiro atoms. The van der Waals surface area contributed by atoms with Gasteiger partial charge in [-0.2, -0.15) is 0 Å². The van der Waals surface area contributed by atoms with Crippen LogP contribution in [0.1, 0.15) is 32.6 Å².